The van der Waals surface area contributed by atoms with Gasteiger partial charge in [0, 0.05) is 6.07 Å². The molecule has 0 saturated carbocycles. The molecule has 3 unspecified atom stereocenters. The van der Waals surface area contributed by atoms with Crippen LogP contribution in [0.15, 0.2) is 24.3 Å². The highest BCUT2D eigenvalue weighted by Crippen LogP contribution is 2.15. The first-order valence-corrected chi connectivity index (χ1v) is 7.19. The van der Waals surface area contributed by atoms with Gasteiger partial charge in [0.05, 0.1) is 7.11 Å². The maximum absolute atomic E-state index is 13.1. The molecule has 5 nitrogen and oxygen atoms in total. The summed E-state index contributed by atoms with van der Waals surface area (Å²) in [5.41, 5.74) is 0. The Kier molecular flexibility index (Phi) is 6.82. The number of methoxy groups -OCH3 is 1. The van der Waals surface area contributed by atoms with Crippen LogP contribution < -0.4 is 10.1 Å². The van der Waals surface area contributed by atoms with Gasteiger partial charge in [0.1, 0.15) is 17.6 Å². The van der Waals surface area contributed by atoms with Crippen molar-refractivity contribution in [3.8, 4) is 5.75 Å². The Morgan fingerprint density at radius 3 is 2.55 bits per heavy atom. The number of nitrogens with one attached hydrogen (secondary N) is 1. The second-order valence-electron chi connectivity index (χ2n) is 5.11. The predicted octanol–water partition coefficient (Wildman–Crippen LogP) is 2.30. The van der Waals surface area contributed by atoms with E-state index in [-0.39, 0.29) is 11.7 Å². The van der Waals surface area contributed by atoms with Crippen molar-refractivity contribution in [1.82, 2.24) is 5.32 Å². The fourth-order valence-electron chi connectivity index (χ4n) is 1.86. The van der Waals surface area contributed by atoms with Crippen molar-refractivity contribution in [2.45, 2.75) is 39.3 Å². The summed E-state index contributed by atoms with van der Waals surface area (Å²) in [6, 6.07) is 4.79. The number of hydrogen-bond acceptors (Lipinski definition) is 4. The van der Waals surface area contributed by atoms with E-state index in [2.05, 4.69) is 5.32 Å². The van der Waals surface area contributed by atoms with Crippen LogP contribution in [0, 0.1) is 11.7 Å². The minimum atomic E-state index is -0.863. The fraction of sp³-hybridized carbons (Fsp3) is 0.500. The van der Waals surface area contributed by atoms with Crippen molar-refractivity contribution in [2.75, 3.05) is 7.11 Å². The van der Waals surface area contributed by atoms with Gasteiger partial charge in [-0.25, -0.2) is 9.18 Å². The van der Waals surface area contributed by atoms with E-state index in [1.54, 1.807) is 6.07 Å². The zero-order chi connectivity index (χ0) is 16.7. The summed E-state index contributed by atoms with van der Waals surface area (Å²) in [6.07, 6.45) is -0.155. The number of rotatable bonds is 7. The number of carbonyl (C=O) groups excluding carboxylic acids is 2. The second kappa shape index (κ2) is 8.36. The molecular formula is C16H22FNO4. The summed E-state index contributed by atoms with van der Waals surface area (Å²) in [4.78, 5) is 23.9. The molecule has 0 aromatic heterocycles. The molecule has 0 aliphatic rings. The van der Waals surface area contributed by atoms with Gasteiger partial charge in [-0.05, 0) is 25.0 Å². The minimum Gasteiger partial charge on any atom is -0.481 e. The first-order chi connectivity index (χ1) is 10.4. The Morgan fingerprint density at radius 2 is 2.00 bits per heavy atom. The molecule has 0 bridgehead atoms. The normalized spacial score (nSPS) is 14.6. The zero-order valence-corrected chi connectivity index (χ0v) is 13.3. The third kappa shape index (κ3) is 5.02. The van der Waals surface area contributed by atoms with Crippen molar-refractivity contribution in [3.05, 3.63) is 30.1 Å². The molecule has 1 aromatic rings. The lowest BCUT2D eigenvalue weighted by Crippen LogP contribution is -2.49. The Labute approximate surface area is 129 Å². The largest absolute Gasteiger partial charge is 0.481 e. The van der Waals surface area contributed by atoms with Crippen molar-refractivity contribution in [3.63, 3.8) is 0 Å². The molecule has 0 aliphatic carbocycles. The average Bonchev–Trinajstić information content (AvgIpc) is 2.50. The van der Waals surface area contributed by atoms with Crippen LogP contribution in [-0.2, 0) is 14.3 Å². The van der Waals surface area contributed by atoms with E-state index in [9.17, 15) is 14.0 Å². The van der Waals surface area contributed by atoms with Crippen LogP contribution in [0.1, 0.15) is 27.2 Å². The van der Waals surface area contributed by atoms with E-state index in [4.69, 9.17) is 9.47 Å². The zero-order valence-electron chi connectivity index (χ0n) is 13.3. The van der Waals surface area contributed by atoms with E-state index < -0.39 is 29.8 Å². The van der Waals surface area contributed by atoms with Crippen LogP contribution in [-0.4, -0.2) is 31.1 Å². The van der Waals surface area contributed by atoms with Crippen LogP contribution in [0.3, 0.4) is 0 Å². The van der Waals surface area contributed by atoms with Gasteiger partial charge in [0.2, 0.25) is 0 Å². The average molecular weight is 311 g/mol. The number of hydrogen-bond donors (Lipinski definition) is 1. The van der Waals surface area contributed by atoms with Gasteiger partial charge < -0.3 is 14.8 Å². The summed E-state index contributed by atoms with van der Waals surface area (Å²) < 4.78 is 23.2. The number of carbonyl (C=O) groups is 2. The molecule has 122 valence electrons. The maximum atomic E-state index is 13.1. The molecule has 0 saturated heterocycles. The highest BCUT2D eigenvalue weighted by atomic mass is 19.1. The van der Waals surface area contributed by atoms with Gasteiger partial charge in [-0.15, -0.1) is 0 Å². The number of halogens is 1. The predicted molar refractivity (Wildman–Crippen MR) is 79.9 cm³/mol. The number of ether oxygens (including phenoxy) is 2. The first-order valence-electron chi connectivity index (χ1n) is 7.19. The van der Waals surface area contributed by atoms with E-state index >= 15 is 0 Å². The van der Waals surface area contributed by atoms with Crippen molar-refractivity contribution in [2.24, 2.45) is 5.92 Å². The van der Waals surface area contributed by atoms with Crippen LogP contribution in [0.25, 0.3) is 0 Å². The summed E-state index contributed by atoms with van der Waals surface area (Å²) in [6.45, 7) is 5.30. The molecule has 1 aromatic carbocycles. The van der Waals surface area contributed by atoms with Crippen molar-refractivity contribution in [1.29, 1.82) is 0 Å². The molecule has 22 heavy (non-hydrogen) atoms. The molecule has 1 rings (SSSR count). The Balaban J connectivity index is 2.70. The second-order valence-corrected chi connectivity index (χ2v) is 5.11. The molecule has 0 heterocycles. The smallest absolute Gasteiger partial charge is 0.328 e. The lowest BCUT2D eigenvalue weighted by molar-refractivity contribution is -0.147. The monoisotopic (exact) mass is 311 g/mol. The standard InChI is InChI=1S/C16H22FNO4/c1-5-10(2)14(16(20)21-4)18-15(19)11(3)22-13-8-6-7-12(17)9-13/h6-11,14H,5H2,1-4H3,(H,18,19). The molecule has 0 fully saturated rings. The minimum absolute atomic E-state index is 0.0715. The molecular weight excluding hydrogens is 289 g/mol. The van der Waals surface area contributed by atoms with Gasteiger partial charge >= 0.3 is 5.97 Å². The van der Waals surface area contributed by atoms with E-state index in [1.165, 1.54) is 32.2 Å². The number of esters is 1. The molecule has 0 radical (unpaired) electrons. The first kappa shape index (κ1) is 17.9. The molecule has 0 spiro atoms. The maximum Gasteiger partial charge on any atom is 0.328 e. The molecule has 1 N–H and O–H groups in total. The lowest BCUT2D eigenvalue weighted by atomic mass is 9.99. The van der Waals surface area contributed by atoms with Gasteiger partial charge in [0.15, 0.2) is 6.10 Å². The number of benzene rings is 1. The molecule has 1 amide bonds. The Hall–Kier alpha value is -2.11. The Morgan fingerprint density at radius 1 is 1.32 bits per heavy atom. The lowest BCUT2D eigenvalue weighted by Gasteiger charge is -2.23. The summed E-state index contributed by atoms with van der Waals surface area (Å²) in [5, 5.41) is 2.62. The van der Waals surface area contributed by atoms with Crippen LogP contribution in [0.5, 0.6) is 5.75 Å². The quantitative estimate of drug-likeness (QED) is 0.785. The van der Waals surface area contributed by atoms with E-state index in [1.807, 2.05) is 13.8 Å². The van der Waals surface area contributed by atoms with Gasteiger partial charge in [-0.3, -0.25) is 4.79 Å². The van der Waals surface area contributed by atoms with Crippen molar-refractivity contribution < 1.29 is 23.5 Å². The number of amides is 1. The van der Waals surface area contributed by atoms with Crippen molar-refractivity contribution >= 4 is 11.9 Å². The van der Waals surface area contributed by atoms with Crippen LogP contribution in [0.4, 0.5) is 4.39 Å². The van der Waals surface area contributed by atoms with Gasteiger partial charge in [0.25, 0.3) is 5.91 Å². The van der Waals surface area contributed by atoms with Gasteiger partial charge in [-0.2, -0.15) is 0 Å². The molecule has 6 heteroatoms. The summed E-state index contributed by atoms with van der Waals surface area (Å²) in [5.74, 6) is -1.23. The molecule has 0 aliphatic heterocycles. The SMILES string of the molecule is CCC(C)C(NC(=O)C(C)Oc1cccc(F)c1)C(=O)OC. The highest BCUT2D eigenvalue weighted by Gasteiger charge is 2.28. The summed E-state index contributed by atoms with van der Waals surface area (Å²) >= 11 is 0. The topological polar surface area (TPSA) is 64.6 Å². The van der Waals surface area contributed by atoms with Gasteiger partial charge in [-0.1, -0.05) is 26.3 Å². The van der Waals surface area contributed by atoms with E-state index in [0.717, 1.165) is 0 Å². The molecule has 3 atom stereocenters. The summed E-state index contributed by atoms with van der Waals surface area (Å²) in [7, 11) is 1.27. The fourth-order valence-corrected chi connectivity index (χ4v) is 1.86. The van der Waals surface area contributed by atoms with E-state index in [0.29, 0.717) is 6.42 Å². The third-order valence-electron chi connectivity index (χ3n) is 3.44. The third-order valence-corrected chi connectivity index (χ3v) is 3.44. The highest BCUT2D eigenvalue weighted by molar-refractivity contribution is 5.87. The Bertz CT molecular complexity index is 521. The van der Waals surface area contributed by atoms with Crippen LogP contribution >= 0.6 is 0 Å². The van der Waals surface area contributed by atoms with Crippen LogP contribution in [0.2, 0.25) is 0 Å².